The summed E-state index contributed by atoms with van der Waals surface area (Å²) in [5.41, 5.74) is 0. The zero-order valence-corrected chi connectivity index (χ0v) is 6.46. The Balaban J connectivity index is 1.97. The van der Waals surface area contributed by atoms with Gasteiger partial charge in [-0.05, 0) is 0 Å². The van der Waals surface area contributed by atoms with Crippen molar-refractivity contribution in [2.45, 2.75) is 0 Å². The predicted molar refractivity (Wildman–Crippen MR) is 36.1 cm³/mol. The second-order valence-corrected chi connectivity index (χ2v) is 7.79. The molecular formula is H6P4. The highest BCUT2D eigenvalue weighted by molar-refractivity contribution is 8.54. The smallest absolute Gasteiger partial charge is 0.0761 e. The second kappa shape index (κ2) is 4.72. The molecule has 4 unspecified atom stereocenters. The van der Waals surface area contributed by atoms with E-state index in [2.05, 4.69) is 17.9 Å². The van der Waals surface area contributed by atoms with Crippen molar-refractivity contribution >= 4 is 33.8 Å². The van der Waals surface area contributed by atoms with Crippen LogP contribution in [-0.4, -0.2) is 0 Å². The van der Waals surface area contributed by atoms with Gasteiger partial charge in [0.2, 0.25) is 0 Å². The molecule has 0 amide bonds. The van der Waals surface area contributed by atoms with E-state index >= 15 is 0 Å². The molecule has 4 heavy (non-hydrogen) atoms. The Morgan fingerprint density at radius 1 is 1.00 bits per heavy atom. The van der Waals surface area contributed by atoms with Crippen molar-refractivity contribution < 1.29 is 0 Å². The lowest BCUT2D eigenvalue weighted by molar-refractivity contribution is 5.30. The van der Waals surface area contributed by atoms with Crippen LogP contribution in [0.1, 0.15) is 0 Å². The monoisotopic (exact) mass is 130 g/mol. The molecule has 0 nitrogen and oxygen atoms in total. The van der Waals surface area contributed by atoms with Gasteiger partial charge < -0.3 is 0 Å². The maximum absolute atomic E-state index is 2.67. The molecule has 0 rings (SSSR count). The van der Waals surface area contributed by atoms with E-state index in [-0.39, 0.29) is 0 Å². The van der Waals surface area contributed by atoms with Gasteiger partial charge in [-0.3, -0.25) is 0 Å². The molecule has 26 valence electrons. The van der Waals surface area contributed by atoms with E-state index in [4.69, 9.17) is 0 Å². The van der Waals surface area contributed by atoms with Crippen LogP contribution in [0.5, 0.6) is 0 Å². The fourth-order valence-electron chi connectivity index (χ4n) is 0. The summed E-state index contributed by atoms with van der Waals surface area (Å²) in [5.74, 6) is 0. The van der Waals surface area contributed by atoms with Crippen molar-refractivity contribution in [1.82, 2.24) is 0 Å². The van der Waals surface area contributed by atoms with Crippen LogP contribution < -0.4 is 0 Å². The van der Waals surface area contributed by atoms with E-state index in [1.165, 1.54) is 0 Å². The van der Waals surface area contributed by atoms with Crippen LogP contribution in [0.2, 0.25) is 0 Å². The Morgan fingerprint density at radius 3 is 1.25 bits per heavy atom. The number of hydrogen-bond donors (Lipinski definition) is 0. The van der Waals surface area contributed by atoms with Crippen LogP contribution in [0.4, 0.5) is 0 Å². The average molecular weight is 130 g/mol. The minimum Gasteiger partial charge on any atom is -0.110 e. The molecule has 0 aromatic carbocycles. The van der Waals surface area contributed by atoms with E-state index in [1.54, 1.807) is 0 Å². The zero-order valence-electron chi connectivity index (χ0n) is 2.15. The minimum absolute atomic E-state index is 1.05. The topological polar surface area (TPSA) is 0 Å². The van der Waals surface area contributed by atoms with Gasteiger partial charge in [-0.15, -0.1) is 17.9 Å². The summed E-state index contributed by atoms with van der Waals surface area (Å²) in [5, 5.41) is 0. The van der Waals surface area contributed by atoms with Gasteiger partial charge in [-0.1, -0.05) is 15.9 Å². The molecule has 0 aliphatic heterocycles. The average Bonchev–Trinajstić information content (AvgIpc) is 1.37. The molecule has 0 bridgehead atoms. The van der Waals surface area contributed by atoms with Gasteiger partial charge in [0.05, 0.1) is 0 Å². The maximum atomic E-state index is 2.67. The molecule has 0 aliphatic carbocycles. The van der Waals surface area contributed by atoms with Crippen LogP contribution in [0.3, 0.4) is 0 Å². The lowest BCUT2D eigenvalue weighted by atomic mass is 29.4. The lowest BCUT2D eigenvalue weighted by Gasteiger charge is -1.70. The quantitative estimate of drug-likeness (QED) is 0.475. The first-order valence-electron chi connectivity index (χ1n) is 0.827. The fourth-order valence-corrected chi connectivity index (χ4v) is 0. The van der Waals surface area contributed by atoms with E-state index < -0.39 is 0 Å². The van der Waals surface area contributed by atoms with Crippen molar-refractivity contribution in [2.75, 3.05) is 0 Å². The van der Waals surface area contributed by atoms with Crippen LogP contribution in [-0.2, 0) is 0 Å². The first kappa shape index (κ1) is 5.72. The minimum atomic E-state index is 1.05. The summed E-state index contributed by atoms with van der Waals surface area (Å²) >= 11 is 0. The standard InChI is InChI=1S/H6P4/c1-3-4-2/h3-4H,1-2H2. The van der Waals surface area contributed by atoms with Gasteiger partial charge >= 0.3 is 0 Å². The molecular weight excluding hydrogens is 124 g/mol. The normalized spacial score (nSPS) is 13.5. The molecule has 0 aromatic heterocycles. The van der Waals surface area contributed by atoms with Gasteiger partial charge in [-0.25, -0.2) is 0 Å². The molecule has 0 radical (unpaired) electrons. The molecule has 0 aromatic rings. The Labute approximate surface area is 34.5 Å². The summed E-state index contributed by atoms with van der Waals surface area (Å²) in [7, 11) is 7.44. The van der Waals surface area contributed by atoms with Gasteiger partial charge in [0, 0.05) is 0 Å². The molecule has 0 spiro atoms. The lowest BCUT2D eigenvalue weighted by Crippen LogP contribution is -0.756. The number of hydrogen-bond acceptors (Lipinski definition) is 0. The molecule has 0 N–H and O–H groups in total. The summed E-state index contributed by atoms with van der Waals surface area (Å²) in [6, 6.07) is 0. The Kier molecular flexibility index (Phi) is 6.75. The van der Waals surface area contributed by atoms with Crippen molar-refractivity contribution in [3.63, 3.8) is 0 Å². The molecule has 0 aliphatic rings. The Hall–Kier alpha value is 1.72. The van der Waals surface area contributed by atoms with Crippen molar-refractivity contribution in [2.24, 2.45) is 0 Å². The van der Waals surface area contributed by atoms with Gasteiger partial charge in [-0.2, -0.15) is 0 Å². The molecule has 0 saturated carbocycles. The highest BCUT2D eigenvalue weighted by Gasteiger charge is 1.53. The predicted octanol–water partition coefficient (Wildman–Crippen LogP) is 1.84. The Bertz CT molecular complexity index is 2.00. The highest BCUT2D eigenvalue weighted by Crippen LogP contribution is 2.48. The molecule has 0 fully saturated rings. The third kappa shape index (κ3) is 3.72. The summed E-state index contributed by atoms with van der Waals surface area (Å²) in [6.07, 6.45) is 0. The molecule has 4 atom stereocenters. The SMILES string of the molecule is PPPP. The second-order valence-electron chi connectivity index (χ2n) is 0.289. The Morgan fingerprint density at radius 2 is 1.25 bits per heavy atom. The summed E-state index contributed by atoms with van der Waals surface area (Å²) in [6.45, 7) is 0. The van der Waals surface area contributed by atoms with Crippen LogP contribution in [0.15, 0.2) is 0 Å². The van der Waals surface area contributed by atoms with E-state index in [9.17, 15) is 0 Å². The molecule has 4 heteroatoms. The zero-order chi connectivity index (χ0) is 3.41. The van der Waals surface area contributed by atoms with Gasteiger partial charge in [0.15, 0.2) is 0 Å². The van der Waals surface area contributed by atoms with E-state index in [0.717, 1.165) is 15.9 Å². The third-order valence-corrected chi connectivity index (χ3v) is 6.75. The fraction of sp³-hybridized carbons (Fsp3) is 0. The number of rotatable bonds is 1. The summed E-state index contributed by atoms with van der Waals surface area (Å²) < 4.78 is 0. The van der Waals surface area contributed by atoms with E-state index in [0.29, 0.717) is 0 Å². The van der Waals surface area contributed by atoms with Crippen LogP contribution in [0, 0.1) is 0 Å². The van der Waals surface area contributed by atoms with Crippen LogP contribution in [0.25, 0.3) is 0 Å². The van der Waals surface area contributed by atoms with Crippen LogP contribution >= 0.6 is 33.8 Å². The largest absolute Gasteiger partial charge is 0.110 e. The van der Waals surface area contributed by atoms with Gasteiger partial charge in [0.25, 0.3) is 0 Å². The summed E-state index contributed by atoms with van der Waals surface area (Å²) in [4.78, 5) is 0. The first-order chi connectivity index (χ1) is 1.91. The maximum Gasteiger partial charge on any atom is -0.0761 e. The van der Waals surface area contributed by atoms with Crippen molar-refractivity contribution in [3.8, 4) is 0 Å². The highest BCUT2D eigenvalue weighted by atomic mass is 32.6. The molecule has 0 heterocycles. The first-order valence-corrected chi connectivity index (χ1v) is 7.45. The van der Waals surface area contributed by atoms with Gasteiger partial charge in [0.1, 0.15) is 0 Å². The van der Waals surface area contributed by atoms with Crippen molar-refractivity contribution in [1.29, 1.82) is 0 Å². The molecule has 0 saturated heterocycles. The van der Waals surface area contributed by atoms with Crippen molar-refractivity contribution in [3.05, 3.63) is 0 Å². The van der Waals surface area contributed by atoms with E-state index in [1.807, 2.05) is 0 Å². The third-order valence-electron chi connectivity index (χ3n) is 0.0833.